The number of hydrogen-bond donors (Lipinski definition) is 2. The average molecular weight is 435 g/mol. The highest BCUT2D eigenvalue weighted by atomic mass is 14.8. The molecular formula is C30H46N2. The summed E-state index contributed by atoms with van der Waals surface area (Å²) in [7, 11) is 0. The van der Waals surface area contributed by atoms with Gasteiger partial charge in [0, 0.05) is 0 Å². The molecule has 2 nitrogen and oxygen atoms in total. The molecule has 1 aliphatic carbocycles. The lowest BCUT2D eigenvalue weighted by Gasteiger charge is -2.07. The number of aryl methyl sites for hydroxylation is 1. The maximum atomic E-state index is 3.64. The number of fused-ring (bicyclic) bond motifs is 3. The zero-order valence-electron chi connectivity index (χ0n) is 20.6. The first-order valence-corrected chi connectivity index (χ1v) is 13.5. The first-order chi connectivity index (χ1) is 15.9. The fraction of sp³-hybridized carbons (Fsp3) is 0.600. The van der Waals surface area contributed by atoms with Crippen LogP contribution in [0.2, 0.25) is 0 Å². The highest BCUT2D eigenvalue weighted by molar-refractivity contribution is 5.76. The molecule has 176 valence electrons. The highest BCUT2D eigenvalue weighted by Gasteiger charge is 2.17. The topological polar surface area (TPSA) is 24.1 Å². The summed E-state index contributed by atoms with van der Waals surface area (Å²) in [6, 6.07) is 16.0. The maximum absolute atomic E-state index is 3.64. The van der Waals surface area contributed by atoms with Crippen LogP contribution in [0.5, 0.6) is 0 Å². The van der Waals surface area contributed by atoms with Crippen LogP contribution >= 0.6 is 0 Å². The SMILES string of the molecule is CCCCCCCCNCCCCCNCCCCc1ccc2c(c1)Cc1ccccc1-2. The molecule has 3 rings (SSSR count). The third-order valence-corrected chi connectivity index (χ3v) is 6.84. The maximum Gasteiger partial charge on any atom is -0.00134 e. The Morgan fingerprint density at radius 3 is 1.94 bits per heavy atom. The Kier molecular flexibility index (Phi) is 11.9. The number of unbranched alkanes of at least 4 members (excludes halogenated alkanes) is 8. The molecule has 1 aliphatic rings. The van der Waals surface area contributed by atoms with Gasteiger partial charge < -0.3 is 10.6 Å². The number of benzene rings is 2. The molecule has 32 heavy (non-hydrogen) atoms. The van der Waals surface area contributed by atoms with Gasteiger partial charge in [0.2, 0.25) is 0 Å². The Morgan fingerprint density at radius 1 is 0.594 bits per heavy atom. The van der Waals surface area contributed by atoms with Crippen LogP contribution in [0.4, 0.5) is 0 Å². The smallest absolute Gasteiger partial charge is 0.00134 e. The summed E-state index contributed by atoms with van der Waals surface area (Å²) in [5, 5.41) is 7.25. The van der Waals surface area contributed by atoms with Gasteiger partial charge in [0.15, 0.2) is 0 Å². The predicted octanol–water partition coefficient (Wildman–Crippen LogP) is 7.29. The van der Waals surface area contributed by atoms with Gasteiger partial charge in [0.05, 0.1) is 0 Å². The molecule has 0 saturated heterocycles. The molecule has 0 bridgehead atoms. The molecule has 0 unspecified atom stereocenters. The minimum Gasteiger partial charge on any atom is -0.317 e. The van der Waals surface area contributed by atoms with Crippen LogP contribution < -0.4 is 10.6 Å². The molecule has 0 atom stereocenters. The Bertz CT molecular complexity index is 767. The summed E-state index contributed by atoms with van der Waals surface area (Å²) < 4.78 is 0. The van der Waals surface area contributed by atoms with Gasteiger partial charge in [-0.2, -0.15) is 0 Å². The molecule has 0 fully saturated rings. The Balaban J connectivity index is 1.12. The average Bonchev–Trinajstić information content (AvgIpc) is 3.19. The zero-order valence-corrected chi connectivity index (χ0v) is 20.6. The number of rotatable bonds is 18. The Labute approximate surface area is 197 Å². The van der Waals surface area contributed by atoms with Crippen molar-refractivity contribution in [3.63, 3.8) is 0 Å². The van der Waals surface area contributed by atoms with Gasteiger partial charge in [-0.15, -0.1) is 0 Å². The standard InChI is InChI=1S/C30H46N2/c1-2-3-4-5-6-11-20-31-21-12-7-13-22-32-23-14-10-15-26-18-19-30-28(24-26)25-27-16-8-9-17-29(27)30/h8-9,16-19,24,31-32H,2-7,10-15,20-23,25H2,1H3. The van der Waals surface area contributed by atoms with E-state index in [9.17, 15) is 0 Å². The van der Waals surface area contributed by atoms with E-state index < -0.39 is 0 Å². The normalized spacial score (nSPS) is 12.2. The summed E-state index contributed by atoms with van der Waals surface area (Å²) in [5.74, 6) is 0. The first-order valence-electron chi connectivity index (χ1n) is 13.5. The van der Waals surface area contributed by atoms with Gasteiger partial charge in [-0.25, -0.2) is 0 Å². The van der Waals surface area contributed by atoms with Gasteiger partial charge in [-0.3, -0.25) is 0 Å². The summed E-state index contributed by atoms with van der Waals surface area (Å²) in [4.78, 5) is 0. The van der Waals surface area contributed by atoms with E-state index in [2.05, 4.69) is 60.0 Å². The van der Waals surface area contributed by atoms with Crippen molar-refractivity contribution >= 4 is 0 Å². The summed E-state index contributed by atoms with van der Waals surface area (Å²) in [5.41, 5.74) is 7.39. The minimum absolute atomic E-state index is 1.11. The lowest BCUT2D eigenvalue weighted by atomic mass is 10.0. The van der Waals surface area contributed by atoms with Gasteiger partial charge in [-0.05, 0) is 98.9 Å². The van der Waals surface area contributed by atoms with E-state index in [1.165, 1.54) is 125 Å². The second kappa shape index (κ2) is 15.2. The summed E-state index contributed by atoms with van der Waals surface area (Å²) in [6.45, 7) is 7.02. The minimum atomic E-state index is 1.11. The van der Waals surface area contributed by atoms with Crippen LogP contribution in [0.25, 0.3) is 11.1 Å². The third-order valence-electron chi connectivity index (χ3n) is 6.84. The molecule has 2 aromatic rings. The van der Waals surface area contributed by atoms with Crippen molar-refractivity contribution < 1.29 is 0 Å². The van der Waals surface area contributed by atoms with Gasteiger partial charge in [0.25, 0.3) is 0 Å². The largest absolute Gasteiger partial charge is 0.317 e. The van der Waals surface area contributed by atoms with Crippen LogP contribution in [0, 0.1) is 0 Å². The molecular weight excluding hydrogens is 388 g/mol. The van der Waals surface area contributed by atoms with Crippen LogP contribution in [0.15, 0.2) is 42.5 Å². The number of nitrogens with one attached hydrogen (secondary N) is 2. The van der Waals surface area contributed by atoms with E-state index in [4.69, 9.17) is 0 Å². The molecule has 2 heteroatoms. The van der Waals surface area contributed by atoms with Gasteiger partial charge in [0.1, 0.15) is 0 Å². The van der Waals surface area contributed by atoms with E-state index in [0.717, 1.165) is 13.0 Å². The van der Waals surface area contributed by atoms with Crippen molar-refractivity contribution in [2.24, 2.45) is 0 Å². The highest BCUT2D eigenvalue weighted by Crippen LogP contribution is 2.36. The molecule has 2 aromatic carbocycles. The van der Waals surface area contributed by atoms with E-state index in [0.29, 0.717) is 0 Å². The van der Waals surface area contributed by atoms with Crippen LogP contribution in [0.1, 0.15) is 94.2 Å². The molecule has 0 aliphatic heterocycles. The van der Waals surface area contributed by atoms with Crippen molar-refractivity contribution in [2.75, 3.05) is 26.2 Å². The second-order valence-electron chi connectivity index (χ2n) is 9.61. The predicted molar refractivity (Wildman–Crippen MR) is 141 cm³/mol. The van der Waals surface area contributed by atoms with E-state index >= 15 is 0 Å². The molecule has 0 amide bonds. The summed E-state index contributed by atoms with van der Waals surface area (Å²) >= 11 is 0. The van der Waals surface area contributed by atoms with Gasteiger partial charge in [-0.1, -0.05) is 87.9 Å². The Morgan fingerprint density at radius 2 is 1.19 bits per heavy atom. The van der Waals surface area contributed by atoms with Crippen molar-refractivity contribution in [2.45, 2.75) is 90.4 Å². The van der Waals surface area contributed by atoms with Crippen molar-refractivity contribution in [1.29, 1.82) is 0 Å². The molecule has 2 N–H and O–H groups in total. The van der Waals surface area contributed by atoms with Crippen molar-refractivity contribution in [3.05, 3.63) is 59.2 Å². The quantitative estimate of drug-likeness (QED) is 0.205. The first kappa shape index (κ1) is 25.0. The molecule has 0 saturated carbocycles. The van der Waals surface area contributed by atoms with Gasteiger partial charge >= 0.3 is 0 Å². The van der Waals surface area contributed by atoms with E-state index in [-0.39, 0.29) is 0 Å². The molecule has 0 heterocycles. The van der Waals surface area contributed by atoms with E-state index in [1.54, 1.807) is 0 Å². The van der Waals surface area contributed by atoms with Crippen molar-refractivity contribution in [3.8, 4) is 11.1 Å². The molecule has 0 spiro atoms. The fourth-order valence-corrected chi connectivity index (χ4v) is 4.89. The Hall–Kier alpha value is -1.64. The second-order valence-corrected chi connectivity index (χ2v) is 9.61. The molecule has 0 aromatic heterocycles. The third kappa shape index (κ3) is 8.71. The van der Waals surface area contributed by atoms with Crippen molar-refractivity contribution in [1.82, 2.24) is 10.6 Å². The summed E-state index contributed by atoms with van der Waals surface area (Å²) in [6.07, 6.45) is 17.2. The zero-order chi connectivity index (χ0) is 22.3. The monoisotopic (exact) mass is 434 g/mol. The fourth-order valence-electron chi connectivity index (χ4n) is 4.89. The van der Waals surface area contributed by atoms with Crippen LogP contribution in [-0.4, -0.2) is 26.2 Å². The van der Waals surface area contributed by atoms with Crippen LogP contribution in [-0.2, 0) is 12.8 Å². The number of hydrogen-bond acceptors (Lipinski definition) is 2. The lowest BCUT2D eigenvalue weighted by molar-refractivity contribution is 0.540. The van der Waals surface area contributed by atoms with E-state index in [1.807, 2.05) is 0 Å². The van der Waals surface area contributed by atoms with Crippen LogP contribution in [0.3, 0.4) is 0 Å². The lowest BCUT2D eigenvalue weighted by Crippen LogP contribution is -2.19. The molecule has 0 radical (unpaired) electrons.